The van der Waals surface area contributed by atoms with Gasteiger partial charge in [0.15, 0.2) is 0 Å². The van der Waals surface area contributed by atoms with Gasteiger partial charge in [0.05, 0.1) is 5.52 Å². The Balaban J connectivity index is 2.62. The van der Waals surface area contributed by atoms with Crippen LogP contribution in [0.5, 0.6) is 0 Å². The van der Waals surface area contributed by atoms with Gasteiger partial charge in [0, 0.05) is 23.0 Å². The predicted octanol–water partition coefficient (Wildman–Crippen LogP) is 3.78. The Morgan fingerprint density at radius 1 is 1.21 bits per heavy atom. The van der Waals surface area contributed by atoms with E-state index in [0.717, 1.165) is 35.2 Å². The normalized spacial score (nSPS) is 12.1. The summed E-state index contributed by atoms with van der Waals surface area (Å²) in [5, 5.41) is 4.20. The first-order chi connectivity index (χ1) is 8.91. The quantitative estimate of drug-likeness (QED) is 0.908. The highest BCUT2D eigenvalue weighted by atomic mass is 19.1. The van der Waals surface area contributed by atoms with E-state index in [0.29, 0.717) is 0 Å². The number of nitrogens with one attached hydrogen (secondary N) is 1. The molecule has 0 amide bonds. The van der Waals surface area contributed by atoms with Gasteiger partial charge in [-0.1, -0.05) is 27.7 Å². The summed E-state index contributed by atoms with van der Waals surface area (Å²) in [6.45, 7) is 10.1. The molecule has 2 aromatic rings. The van der Waals surface area contributed by atoms with Crippen LogP contribution in [-0.4, -0.2) is 11.5 Å². The van der Waals surface area contributed by atoms with Gasteiger partial charge in [0.2, 0.25) is 0 Å². The van der Waals surface area contributed by atoms with Crippen molar-refractivity contribution in [2.45, 2.75) is 39.7 Å². The SMILES string of the molecule is CCNCc1cc(C(C)(C)C)nc2ccc(F)cc12. The van der Waals surface area contributed by atoms with Gasteiger partial charge in [-0.25, -0.2) is 4.39 Å². The Kier molecular flexibility index (Phi) is 3.85. The largest absolute Gasteiger partial charge is 0.313 e. The van der Waals surface area contributed by atoms with Crippen molar-refractivity contribution in [3.8, 4) is 0 Å². The molecule has 0 fully saturated rings. The Labute approximate surface area is 114 Å². The third-order valence-corrected chi connectivity index (χ3v) is 3.19. The molecule has 102 valence electrons. The average Bonchev–Trinajstić information content (AvgIpc) is 2.34. The summed E-state index contributed by atoms with van der Waals surface area (Å²) in [5.74, 6) is -0.212. The molecule has 0 unspecified atom stereocenters. The van der Waals surface area contributed by atoms with Crippen LogP contribution < -0.4 is 5.32 Å². The summed E-state index contributed by atoms with van der Waals surface area (Å²) < 4.78 is 13.4. The molecule has 2 rings (SSSR count). The van der Waals surface area contributed by atoms with E-state index in [-0.39, 0.29) is 11.2 Å². The van der Waals surface area contributed by atoms with Crippen LogP contribution in [0, 0.1) is 5.82 Å². The third-order valence-electron chi connectivity index (χ3n) is 3.19. The topological polar surface area (TPSA) is 24.9 Å². The number of hydrogen-bond donors (Lipinski definition) is 1. The maximum atomic E-state index is 13.4. The molecule has 3 heteroatoms. The maximum Gasteiger partial charge on any atom is 0.123 e. The molecule has 0 aliphatic carbocycles. The van der Waals surface area contributed by atoms with Crippen LogP contribution >= 0.6 is 0 Å². The molecule has 0 atom stereocenters. The minimum absolute atomic E-state index is 0.0104. The summed E-state index contributed by atoms with van der Waals surface area (Å²) >= 11 is 0. The summed E-state index contributed by atoms with van der Waals surface area (Å²) in [6, 6.07) is 6.89. The second-order valence-corrected chi connectivity index (χ2v) is 5.86. The fraction of sp³-hybridized carbons (Fsp3) is 0.438. The van der Waals surface area contributed by atoms with E-state index >= 15 is 0 Å². The second kappa shape index (κ2) is 5.25. The predicted molar refractivity (Wildman–Crippen MR) is 77.8 cm³/mol. The number of pyridine rings is 1. The average molecular weight is 260 g/mol. The number of hydrogen-bond acceptors (Lipinski definition) is 2. The zero-order valence-electron chi connectivity index (χ0n) is 12.0. The first kappa shape index (κ1) is 13.9. The number of halogens is 1. The van der Waals surface area contributed by atoms with Crippen LogP contribution in [-0.2, 0) is 12.0 Å². The van der Waals surface area contributed by atoms with Gasteiger partial charge in [0.25, 0.3) is 0 Å². The molecule has 1 aromatic heterocycles. The van der Waals surface area contributed by atoms with Crippen LogP contribution in [0.2, 0.25) is 0 Å². The highest BCUT2D eigenvalue weighted by Gasteiger charge is 2.17. The lowest BCUT2D eigenvalue weighted by atomic mass is 9.90. The van der Waals surface area contributed by atoms with Crippen molar-refractivity contribution in [3.63, 3.8) is 0 Å². The van der Waals surface area contributed by atoms with Crippen LogP contribution in [0.4, 0.5) is 4.39 Å². The van der Waals surface area contributed by atoms with E-state index in [1.54, 1.807) is 12.1 Å². The number of aromatic nitrogens is 1. The highest BCUT2D eigenvalue weighted by Crippen LogP contribution is 2.26. The Hall–Kier alpha value is -1.48. The van der Waals surface area contributed by atoms with Crippen molar-refractivity contribution in [1.29, 1.82) is 0 Å². The van der Waals surface area contributed by atoms with E-state index in [9.17, 15) is 4.39 Å². The van der Waals surface area contributed by atoms with Crippen molar-refractivity contribution in [1.82, 2.24) is 10.3 Å². The van der Waals surface area contributed by atoms with E-state index in [1.807, 2.05) is 0 Å². The summed E-state index contributed by atoms with van der Waals surface area (Å²) in [5.41, 5.74) is 3.00. The molecule has 19 heavy (non-hydrogen) atoms. The minimum Gasteiger partial charge on any atom is -0.313 e. The molecule has 0 aliphatic heterocycles. The van der Waals surface area contributed by atoms with Crippen molar-refractivity contribution < 1.29 is 4.39 Å². The van der Waals surface area contributed by atoms with E-state index < -0.39 is 0 Å². The molecule has 2 nitrogen and oxygen atoms in total. The lowest BCUT2D eigenvalue weighted by molar-refractivity contribution is 0.569. The summed E-state index contributed by atoms with van der Waals surface area (Å²) in [4.78, 5) is 4.66. The van der Waals surface area contributed by atoms with Gasteiger partial charge in [-0.15, -0.1) is 0 Å². The Morgan fingerprint density at radius 2 is 1.95 bits per heavy atom. The van der Waals surface area contributed by atoms with Crippen molar-refractivity contribution in [2.75, 3.05) is 6.54 Å². The van der Waals surface area contributed by atoms with Crippen molar-refractivity contribution in [3.05, 3.63) is 41.3 Å². The number of rotatable bonds is 3. The van der Waals surface area contributed by atoms with Crippen LogP contribution in [0.25, 0.3) is 10.9 Å². The van der Waals surface area contributed by atoms with Gasteiger partial charge in [-0.3, -0.25) is 4.98 Å². The van der Waals surface area contributed by atoms with Gasteiger partial charge < -0.3 is 5.32 Å². The lowest BCUT2D eigenvalue weighted by Crippen LogP contribution is -2.17. The number of nitrogens with zero attached hydrogens (tertiary/aromatic N) is 1. The molecule has 1 heterocycles. The summed E-state index contributed by atoms with van der Waals surface area (Å²) in [6.07, 6.45) is 0. The fourth-order valence-corrected chi connectivity index (χ4v) is 2.06. The molecular formula is C16H21FN2. The van der Waals surface area contributed by atoms with Gasteiger partial charge >= 0.3 is 0 Å². The van der Waals surface area contributed by atoms with Gasteiger partial charge in [0.1, 0.15) is 5.82 Å². The number of fused-ring (bicyclic) bond motifs is 1. The van der Waals surface area contributed by atoms with Crippen LogP contribution in [0.3, 0.4) is 0 Å². The molecule has 0 spiro atoms. The fourth-order valence-electron chi connectivity index (χ4n) is 2.06. The molecule has 0 bridgehead atoms. The van der Waals surface area contributed by atoms with E-state index in [1.165, 1.54) is 6.07 Å². The molecular weight excluding hydrogens is 239 g/mol. The molecule has 1 aromatic carbocycles. The zero-order valence-corrected chi connectivity index (χ0v) is 12.0. The van der Waals surface area contributed by atoms with Gasteiger partial charge in [-0.05, 0) is 36.4 Å². The molecule has 0 aliphatic rings. The van der Waals surface area contributed by atoms with E-state index in [4.69, 9.17) is 0 Å². The maximum absolute atomic E-state index is 13.4. The monoisotopic (exact) mass is 260 g/mol. The minimum atomic E-state index is -0.212. The smallest absolute Gasteiger partial charge is 0.123 e. The lowest BCUT2D eigenvalue weighted by Gasteiger charge is -2.20. The first-order valence-corrected chi connectivity index (χ1v) is 6.72. The van der Waals surface area contributed by atoms with Crippen LogP contribution in [0.15, 0.2) is 24.3 Å². The third kappa shape index (κ3) is 3.10. The molecule has 1 N–H and O–H groups in total. The zero-order chi connectivity index (χ0) is 14.0. The standard InChI is InChI=1S/C16H21FN2/c1-5-18-10-11-8-15(16(2,3)4)19-14-7-6-12(17)9-13(11)14/h6-9,18H,5,10H2,1-4H3. The highest BCUT2D eigenvalue weighted by molar-refractivity contribution is 5.82. The van der Waals surface area contributed by atoms with Crippen molar-refractivity contribution in [2.24, 2.45) is 0 Å². The van der Waals surface area contributed by atoms with Crippen molar-refractivity contribution >= 4 is 10.9 Å². The Bertz CT molecular complexity index is 585. The molecule has 0 saturated carbocycles. The van der Waals surface area contributed by atoms with Crippen LogP contribution in [0.1, 0.15) is 39.0 Å². The van der Waals surface area contributed by atoms with Gasteiger partial charge in [-0.2, -0.15) is 0 Å². The molecule has 0 radical (unpaired) electrons. The number of benzene rings is 1. The molecule has 0 saturated heterocycles. The first-order valence-electron chi connectivity index (χ1n) is 6.72. The second-order valence-electron chi connectivity index (χ2n) is 5.86. The Morgan fingerprint density at radius 3 is 2.58 bits per heavy atom. The van der Waals surface area contributed by atoms with E-state index in [2.05, 4.69) is 44.1 Å². The summed E-state index contributed by atoms with van der Waals surface area (Å²) in [7, 11) is 0.